The molecule has 0 radical (unpaired) electrons. The molecule has 5 rings (SSSR count). The summed E-state index contributed by atoms with van der Waals surface area (Å²) in [6.07, 6.45) is 5.35. The summed E-state index contributed by atoms with van der Waals surface area (Å²) in [7, 11) is 0. The van der Waals surface area contributed by atoms with Crippen molar-refractivity contribution in [3.05, 3.63) is 75.7 Å². The summed E-state index contributed by atoms with van der Waals surface area (Å²) in [5, 5.41) is 13.5. The van der Waals surface area contributed by atoms with Gasteiger partial charge in [0.2, 0.25) is 0 Å². The van der Waals surface area contributed by atoms with Crippen LogP contribution < -0.4 is 0 Å². The standard InChI is InChI=1S/C24H23N5O3/c1-15-7-23(26-10-18(15)8-25)29-12-17(9-27-29)11-28-5-6-31-22(13-28)19-3-4-20-21(16(19)2)14-32-24(20)30/h3-4,7,9-10,12,22H,5-6,11,13-14H2,1-2H3/t22-/m0/s1. The van der Waals surface area contributed by atoms with Crippen LogP contribution >= 0.6 is 0 Å². The highest BCUT2D eigenvalue weighted by Crippen LogP contribution is 2.32. The van der Waals surface area contributed by atoms with Crippen LogP contribution in [0.15, 0.2) is 36.8 Å². The fraction of sp³-hybridized carbons (Fsp3) is 0.333. The van der Waals surface area contributed by atoms with E-state index >= 15 is 0 Å². The summed E-state index contributed by atoms with van der Waals surface area (Å²) in [6, 6.07) is 7.85. The quantitative estimate of drug-likeness (QED) is 0.589. The van der Waals surface area contributed by atoms with Crippen LogP contribution in [-0.2, 0) is 22.6 Å². The lowest BCUT2D eigenvalue weighted by Crippen LogP contribution is -2.38. The third kappa shape index (κ3) is 3.66. The number of aryl methyl sites for hydroxylation is 1. The minimum absolute atomic E-state index is 0.0531. The van der Waals surface area contributed by atoms with Crippen molar-refractivity contribution in [3.63, 3.8) is 0 Å². The number of morpholine rings is 1. The number of fused-ring (bicyclic) bond motifs is 1. The number of rotatable bonds is 4. The molecule has 0 bridgehead atoms. The lowest BCUT2D eigenvalue weighted by atomic mass is 9.94. The number of carbonyl (C=O) groups is 1. The molecule has 8 heteroatoms. The van der Waals surface area contributed by atoms with Crippen LogP contribution in [0.25, 0.3) is 5.82 Å². The second-order valence-corrected chi connectivity index (χ2v) is 8.24. The smallest absolute Gasteiger partial charge is 0.338 e. The molecular weight excluding hydrogens is 406 g/mol. The van der Waals surface area contributed by atoms with Gasteiger partial charge < -0.3 is 9.47 Å². The minimum Gasteiger partial charge on any atom is -0.457 e. The molecular formula is C24H23N5O3. The Morgan fingerprint density at radius 1 is 1.28 bits per heavy atom. The van der Waals surface area contributed by atoms with Crippen molar-refractivity contribution in [2.75, 3.05) is 19.7 Å². The Morgan fingerprint density at radius 2 is 2.16 bits per heavy atom. The molecule has 1 aromatic carbocycles. The molecule has 2 aliphatic rings. The highest BCUT2D eigenvalue weighted by molar-refractivity contribution is 5.93. The molecule has 2 aliphatic heterocycles. The van der Waals surface area contributed by atoms with Gasteiger partial charge in [-0.3, -0.25) is 4.90 Å². The van der Waals surface area contributed by atoms with Gasteiger partial charge in [0.05, 0.1) is 30.0 Å². The van der Waals surface area contributed by atoms with Gasteiger partial charge in [-0.2, -0.15) is 10.4 Å². The number of esters is 1. The maximum Gasteiger partial charge on any atom is 0.338 e. The summed E-state index contributed by atoms with van der Waals surface area (Å²) in [5.41, 5.74) is 6.35. The van der Waals surface area contributed by atoms with Gasteiger partial charge in [0, 0.05) is 43.2 Å². The van der Waals surface area contributed by atoms with Gasteiger partial charge in [0.25, 0.3) is 0 Å². The van der Waals surface area contributed by atoms with Crippen molar-refractivity contribution < 1.29 is 14.3 Å². The third-order valence-corrected chi connectivity index (χ3v) is 6.20. The molecule has 2 aromatic heterocycles. The second kappa shape index (κ2) is 8.19. The van der Waals surface area contributed by atoms with E-state index in [9.17, 15) is 4.79 Å². The summed E-state index contributed by atoms with van der Waals surface area (Å²) in [4.78, 5) is 18.5. The number of carbonyl (C=O) groups excluding carboxylic acids is 1. The summed E-state index contributed by atoms with van der Waals surface area (Å²) in [6.45, 7) is 7.25. The number of cyclic esters (lactones) is 1. The van der Waals surface area contributed by atoms with Crippen molar-refractivity contribution in [3.8, 4) is 11.9 Å². The molecule has 8 nitrogen and oxygen atoms in total. The average molecular weight is 429 g/mol. The van der Waals surface area contributed by atoms with E-state index in [1.807, 2.05) is 44.4 Å². The molecule has 0 N–H and O–H groups in total. The number of aromatic nitrogens is 3. The van der Waals surface area contributed by atoms with Crippen LogP contribution in [0.4, 0.5) is 0 Å². The van der Waals surface area contributed by atoms with Crippen molar-refractivity contribution in [2.24, 2.45) is 0 Å². The van der Waals surface area contributed by atoms with Gasteiger partial charge in [0.1, 0.15) is 12.7 Å². The van der Waals surface area contributed by atoms with E-state index in [1.165, 1.54) is 0 Å². The van der Waals surface area contributed by atoms with Crippen molar-refractivity contribution in [1.29, 1.82) is 5.26 Å². The first kappa shape index (κ1) is 20.4. The molecule has 0 amide bonds. The maximum atomic E-state index is 11.8. The first-order valence-electron chi connectivity index (χ1n) is 10.6. The zero-order valence-electron chi connectivity index (χ0n) is 18.0. The zero-order valence-corrected chi connectivity index (χ0v) is 18.0. The van der Waals surface area contributed by atoms with Crippen LogP contribution in [0, 0.1) is 25.2 Å². The Balaban J connectivity index is 1.30. The molecule has 32 heavy (non-hydrogen) atoms. The third-order valence-electron chi connectivity index (χ3n) is 6.20. The number of ether oxygens (including phenoxy) is 2. The van der Waals surface area contributed by atoms with Crippen molar-refractivity contribution >= 4 is 5.97 Å². The van der Waals surface area contributed by atoms with Gasteiger partial charge in [0.15, 0.2) is 5.82 Å². The molecule has 0 unspecified atom stereocenters. The number of hydrogen-bond donors (Lipinski definition) is 0. The summed E-state index contributed by atoms with van der Waals surface area (Å²) >= 11 is 0. The predicted octanol–water partition coefficient (Wildman–Crippen LogP) is 3.00. The normalized spacial score (nSPS) is 18.3. The van der Waals surface area contributed by atoms with Gasteiger partial charge in [-0.1, -0.05) is 6.07 Å². The molecule has 0 aliphatic carbocycles. The van der Waals surface area contributed by atoms with Crippen LogP contribution in [0.5, 0.6) is 0 Å². The van der Waals surface area contributed by atoms with E-state index in [-0.39, 0.29) is 12.1 Å². The Labute approximate surface area is 186 Å². The molecule has 4 heterocycles. The number of benzene rings is 1. The van der Waals surface area contributed by atoms with Crippen LogP contribution in [-0.4, -0.2) is 45.3 Å². The highest BCUT2D eigenvalue weighted by Gasteiger charge is 2.29. The molecule has 162 valence electrons. The van der Waals surface area contributed by atoms with Gasteiger partial charge >= 0.3 is 5.97 Å². The lowest BCUT2D eigenvalue weighted by Gasteiger charge is -2.33. The fourth-order valence-corrected chi connectivity index (χ4v) is 4.36. The van der Waals surface area contributed by atoms with Crippen LogP contribution in [0.3, 0.4) is 0 Å². The first-order valence-corrected chi connectivity index (χ1v) is 10.6. The molecule has 1 atom stereocenters. The van der Waals surface area contributed by atoms with E-state index in [0.29, 0.717) is 30.2 Å². The topological polar surface area (TPSA) is 93.3 Å². The Kier molecular flexibility index (Phi) is 5.21. The molecule has 0 saturated carbocycles. The SMILES string of the molecule is Cc1cc(-n2cc(CN3CCO[C@H](c4ccc5c(c4C)COC5=O)C3)cn2)ncc1C#N. The molecule has 3 aromatic rings. The van der Waals surface area contributed by atoms with E-state index in [2.05, 4.69) is 21.1 Å². The minimum atomic E-state index is -0.246. The fourth-order valence-electron chi connectivity index (χ4n) is 4.36. The van der Waals surface area contributed by atoms with Gasteiger partial charge in [-0.25, -0.2) is 14.5 Å². The predicted molar refractivity (Wildman–Crippen MR) is 115 cm³/mol. The van der Waals surface area contributed by atoms with Crippen LogP contribution in [0.1, 0.15) is 49.8 Å². The number of nitriles is 1. The van der Waals surface area contributed by atoms with E-state index in [1.54, 1.807) is 10.9 Å². The second-order valence-electron chi connectivity index (χ2n) is 8.24. The average Bonchev–Trinajstić information content (AvgIpc) is 3.41. The molecule has 1 saturated heterocycles. The Bertz CT molecular complexity index is 1240. The number of hydrogen-bond acceptors (Lipinski definition) is 7. The van der Waals surface area contributed by atoms with Crippen LogP contribution in [0.2, 0.25) is 0 Å². The molecule has 0 spiro atoms. The molecule has 1 fully saturated rings. The number of nitrogens with zero attached hydrogens (tertiary/aromatic N) is 5. The monoisotopic (exact) mass is 429 g/mol. The van der Waals surface area contributed by atoms with E-state index in [4.69, 9.17) is 14.7 Å². The maximum absolute atomic E-state index is 11.8. The lowest BCUT2D eigenvalue weighted by molar-refractivity contribution is -0.0332. The Hall–Kier alpha value is -3.54. The number of pyridine rings is 1. The van der Waals surface area contributed by atoms with Gasteiger partial charge in [-0.05, 0) is 42.7 Å². The van der Waals surface area contributed by atoms with Crippen molar-refractivity contribution in [1.82, 2.24) is 19.7 Å². The zero-order chi connectivity index (χ0) is 22.2. The van der Waals surface area contributed by atoms with Crippen molar-refractivity contribution in [2.45, 2.75) is 33.1 Å². The van der Waals surface area contributed by atoms with E-state index in [0.717, 1.165) is 47.5 Å². The summed E-state index contributed by atoms with van der Waals surface area (Å²) in [5.74, 6) is 0.447. The first-order chi connectivity index (χ1) is 15.5. The largest absolute Gasteiger partial charge is 0.457 e. The highest BCUT2D eigenvalue weighted by atomic mass is 16.5. The van der Waals surface area contributed by atoms with Gasteiger partial charge in [-0.15, -0.1) is 0 Å². The van der Waals surface area contributed by atoms with E-state index < -0.39 is 0 Å². The Morgan fingerprint density at radius 3 is 2.97 bits per heavy atom. The summed E-state index contributed by atoms with van der Waals surface area (Å²) < 4.78 is 13.0.